The highest BCUT2D eigenvalue weighted by Crippen LogP contribution is 2.18. The van der Waals surface area contributed by atoms with E-state index < -0.39 is 22.8 Å². The first-order valence-electron chi connectivity index (χ1n) is 7.43. The molecule has 10 heteroatoms. The molecule has 0 aliphatic heterocycles. The van der Waals surface area contributed by atoms with E-state index in [1.807, 2.05) is 0 Å². The highest BCUT2D eigenvalue weighted by Gasteiger charge is 2.26. The zero-order valence-electron chi connectivity index (χ0n) is 13.8. The van der Waals surface area contributed by atoms with Gasteiger partial charge in [-0.3, -0.25) is 14.9 Å². The predicted molar refractivity (Wildman–Crippen MR) is 86.5 cm³/mol. The van der Waals surface area contributed by atoms with Crippen molar-refractivity contribution in [3.05, 3.63) is 45.8 Å². The standard InChI is InChI=1S/C15H17N5O5/c1-8(2)12(15(22)23)16-14(21)13-9(3)19(18-17-13)10-5-4-6-11(7-10)20(24)25/h4-8,12H,1-3H3,(H,16,21)(H,22,23)/t12-/m1/s1. The van der Waals surface area contributed by atoms with Crippen molar-refractivity contribution in [3.63, 3.8) is 0 Å². The number of nitro groups is 1. The molecule has 2 aromatic rings. The number of carbonyl (C=O) groups is 2. The van der Waals surface area contributed by atoms with Crippen LogP contribution in [-0.4, -0.2) is 42.9 Å². The van der Waals surface area contributed by atoms with Crippen LogP contribution >= 0.6 is 0 Å². The Balaban J connectivity index is 2.32. The molecule has 0 aliphatic carbocycles. The largest absolute Gasteiger partial charge is 0.480 e. The number of aromatic nitrogens is 3. The number of nitrogens with one attached hydrogen (secondary N) is 1. The van der Waals surface area contributed by atoms with Gasteiger partial charge in [0.25, 0.3) is 11.6 Å². The SMILES string of the molecule is Cc1c(C(=O)N[C@@H](C(=O)O)C(C)C)nnn1-c1cccc([N+](=O)[O-])c1. The smallest absolute Gasteiger partial charge is 0.326 e. The quantitative estimate of drug-likeness (QED) is 0.593. The lowest BCUT2D eigenvalue weighted by molar-refractivity contribution is -0.384. The van der Waals surface area contributed by atoms with Crippen LogP contribution < -0.4 is 5.32 Å². The van der Waals surface area contributed by atoms with Crippen LogP contribution in [0.15, 0.2) is 24.3 Å². The van der Waals surface area contributed by atoms with E-state index in [9.17, 15) is 19.7 Å². The van der Waals surface area contributed by atoms with E-state index in [-0.39, 0.29) is 17.3 Å². The van der Waals surface area contributed by atoms with Gasteiger partial charge < -0.3 is 10.4 Å². The fourth-order valence-electron chi connectivity index (χ4n) is 2.25. The Morgan fingerprint density at radius 1 is 1.36 bits per heavy atom. The predicted octanol–water partition coefficient (Wildman–Crippen LogP) is 1.32. The van der Waals surface area contributed by atoms with Crippen molar-refractivity contribution >= 4 is 17.6 Å². The number of hydrogen-bond donors (Lipinski definition) is 2. The summed E-state index contributed by atoms with van der Waals surface area (Å²) in [4.78, 5) is 33.8. The topological polar surface area (TPSA) is 140 Å². The minimum Gasteiger partial charge on any atom is -0.480 e. The number of hydrogen-bond acceptors (Lipinski definition) is 6. The van der Waals surface area contributed by atoms with Crippen LogP contribution in [0.25, 0.3) is 5.69 Å². The van der Waals surface area contributed by atoms with Crippen molar-refractivity contribution in [2.45, 2.75) is 26.8 Å². The molecular formula is C15H17N5O5. The summed E-state index contributed by atoms with van der Waals surface area (Å²) in [5.74, 6) is -2.13. The molecule has 0 spiro atoms. The Kier molecular flexibility index (Phi) is 5.11. The third kappa shape index (κ3) is 3.79. The number of non-ortho nitro benzene ring substituents is 1. The molecule has 2 N–H and O–H groups in total. The average Bonchev–Trinajstić information content (AvgIpc) is 2.93. The Labute approximate surface area is 142 Å². The van der Waals surface area contributed by atoms with Crippen molar-refractivity contribution in [1.29, 1.82) is 0 Å². The number of nitrogens with zero attached hydrogens (tertiary/aromatic N) is 4. The lowest BCUT2D eigenvalue weighted by Crippen LogP contribution is -2.44. The van der Waals surface area contributed by atoms with Gasteiger partial charge in [0.1, 0.15) is 6.04 Å². The molecule has 0 unspecified atom stereocenters. The lowest BCUT2D eigenvalue weighted by atomic mass is 10.0. The van der Waals surface area contributed by atoms with Gasteiger partial charge in [-0.05, 0) is 18.9 Å². The summed E-state index contributed by atoms with van der Waals surface area (Å²) >= 11 is 0. The van der Waals surface area contributed by atoms with E-state index in [0.29, 0.717) is 11.4 Å². The van der Waals surface area contributed by atoms with E-state index in [4.69, 9.17) is 5.11 Å². The van der Waals surface area contributed by atoms with E-state index in [2.05, 4.69) is 15.6 Å². The number of carboxylic acid groups (broad SMARTS) is 1. The number of carbonyl (C=O) groups excluding carboxylic acids is 1. The molecule has 2 rings (SSSR count). The Bertz CT molecular complexity index is 829. The molecule has 0 radical (unpaired) electrons. The second-order valence-corrected chi connectivity index (χ2v) is 5.75. The molecule has 0 fully saturated rings. The number of rotatable bonds is 6. The number of carboxylic acids is 1. The summed E-state index contributed by atoms with van der Waals surface area (Å²) in [5, 5.41) is 30.0. The number of aliphatic carboxylic acids is 1. The molecule has 0 saturated heterocycles. The van der Waals surface area contributed by atoms with Gasteiger partial charge in [-0.15, -0.1) is 5.10 Å². The van der Waals surface area contributed by atoms with Gasteiger partial charge in [0.15, 0.2) is 5.69 Å². The zero-order chi connectivity index (χ0) is 18.7. The molecular weight excluding hydrogens is 330 g/mol. The lowest BCUT2D eigenvalue weighted by Gasteiger charge is -2.17. The van der Waals surface area contributed by atoms with Crippen molar-refractivity contribution in [3.8, 4) is 5.69 Å². The first-order chi connectivity index (χ1) is 11.7. The first kappa shape index (κ1) is 18.0. The summed E-state index contributed by atoms with van der Waals surface area (Å²) in [6.45, 7) is 4.91. The number of amides is 1. The zero-order valence-corrected chi connectivity index (χ0v) is 13.8. The van der Waals surface area contributed by atoms with Crippen LogP contribution in [0, 0.1) is 23.0 Å². The van der Waals surface area contributed by atoms with Crippen LogP contribution in [0.2, 0.25) is 0 Å². The van der Waals surface area contributed by atoms with Crippen molar-refractivity contribution in [2.75, 3.05) is 0 Å². The fourth-order valence-corrected chi connectivity index (χ4v) is 2.25. The van der Waals surface area contributed by atoms with Crippen LogP contribution in [0.4, 0.5) is 5.69 Å². The number of nitro benzene ring substituents is 1. The van der Waals surface area contributed by atoms with Crippen molar-refractivity contribution in [2.24, 2.45) is 5.92 Å². The third-order valence-corrected chi connectivity index (χ3v) is 3.61. The Hall–Kier alpha value is -3.30. The monoisotopic (exact) mass is 347 g/mol. The van der Waals surface area contributed by atoms with E-state index in [1.165, 1.54) is 22.9 Å². The highest BCUT2D eigenvalue weighted by atomic mass is 16.6. The second kappa shape index (κ2) is 7.07. The van der Waals surface area contributed by atoms with Gasteiger partial charge in [-0.1, -0.05) is 25.1 Å². The molecule has 1 atom stereocenters. The third-order valence-electron chi connectivity index (χ3n) is 3.61. The molecule has 132 valence electrons. The fraction of sp³-hybridized carbons (Fsp3) is 0.333. The maximum Gasteiger partial charge on any atom is 0.326 e. The molecule has 1 heterocycles. The maximum absolute atomic E-state index is 12.3. The molecule has 1 aromatic carbocycles. The van der Waals surface area contributed by atoms with E-state index >= 15 is 0 Å². The summed E-state index contributed by atoms with van der Waals surface area (Å²) in [5.41, 5.74) is 0.547. The van der Waals surface area contributed by atoms with E-state index in [0.717, 1.165) is 0 Å². The normalized spacial score (nSPS) is 12.0. The van der Waals surface area contributed by atoms with Gasteiger partial charge in [0.05, 0.1) is 16.3 Å². The highest BCUT2D eigenvalue weighted by molar-refractivity contribution is 5.95. The van der Waals surface area contributed by atoms with Gasteiger partial charge in [-0.2, -0.15) is 0 Å². The molecule has 10 nitrogen and oxygen atoms in total. The molecule has 25 heavy (non-hydrogen) atoms. The molecule has 1 amide bonds. The minimum absolute atomic E-state index is 0.0431. The van der Waals surface area contributed by atoms with Crippen LogP contribution in [0.1, 0.15) is 30.0 Å². The van der Waals surface area contributed by atoms with Crippen molar-refractivity contribution < 1.29 is 19.6 Å². The average molecular weight is 347 g/mol. The summed E-state index contributed by atoms with van der Waals surface area (Å²) < 4.78 is 1.28. The first-order valence-corrected chi connectivity index (χ1v) is 7.43. The van der Waals surface area contributed by atoms with Gasteiger partial charge in [-0.25, -0.2) is 9.48 Å². The molecule has 0 bridgehead atoms. The van der Waals surface area contributed by atoms with Gasteiger partial charge >= 0.3 is 5.97 Å². The van der Waals surface area contributed by atoms with Crippen LogP contribution in [0.3, 0.4) is 0 Å². The van der Waals surface area contributed by atoms with Crippen LogP contribution in [-0.2, 0) is 4.79 Å². The maximum atomic E-state index is 12.3. The van der Waals surface area contributed by atoms with E-state index in [1.54, 1.807) is 26.8 Å². The number of benzene rings is 1. The summed E-state index contributed by atoms with van der Waals surface area (Å²) in [7, 11) is 0. The van der Waals surface area contributed by atoms with Crippen LogP contribution in [0.5, 0.6) is 0 Å². The van der Waals surface area contributed by atoms with Crippen molar-refractivity contribution in [1.82, 2.24) is 20.3 Å². The summed E-state index contributed by atoms with van der Waals surface area (Å²) in [6.07, 6.45) is 0. The van der Waals surface area contributed by atoms with Gasteiger partial charge in [0, 0.05) is 12.1 Å². The molecule has 0 aliphatic rings. The minimum atomic E-state index is -1.15. The second-order valence-electron chi connectivity index (χ2n) is 5.75. The Morgan fingerprint density at radius 2 is 2.04 bits per heavy atom. The summed E-state index contributed by atoms with van der Waals surface area (Å²) in [6, 6.07) is 4.66. The molecule has 0 saturated carbocycles. The Morgan fingerprint density at radius 3 is 2.60 bits per heavy atom. The molecule has 1 aromatic heterocycles. The van der Waals surface area contributed by atoms with Gasteiger partial charge in [0.2, 0.25) is 0 Å².